The number of aryl methyl sites for hydroxylation is 2. The Morgan fingerprint density at radius 2 is 1.93 bits per heavy atom. The maximum Gasteiger partial charge on any atom is 0.357 e. The molecule has 0 saturated heterocycles. The first kappa shape index (κ1) is 17.4. The van der Waals surface area contributed by atoms with Crippen LogP contribution in [0.1, 0.15) is 39.8 Å². The van der Waals surface area contributed by atoms with Crippen molar-refractivity contribution in [3.63, 3.8) is 0 Å². The minimum Gasteiger partial charge on any atom is -0.450 e. The molecule has 1 atom stereocenters. The minimum absolute atomic E-state index is 0.215. The second-order valence-corrected chi connectivity index (χ2v) is 7.55. The number of fused-ring (bicyclic) bond motifs is 2. The number of para-hydroxylation sites is 1. The van der Waals surface area contributed by atoms with E-state index in [9.17, 15) is 9.59 Å². The number of esters is 1. The molecule has 0 radical (unpaired) electrons. The van der Waals surface area contributed by atoms with E-state index < -0.39 is 12.1 Å². The summed E-state index contributed by atoms with van der Waals surface area (Å²) in [4.78, 5) is 38.1. The molecule has 0 fully saturated rings. The van der Waals surface area contributed by atoms with Gasteiger partial charge in [-0.1, -0.05) is 24.3 Å². The highest BCUT2D eigenvalue weighted by Gasteiger charge is 2.19. The van der Waals surface area contributed by atoms with Gasteiger partial charge in [-0.25, -0.2) is 14.8 Å². The number of ether oxygens (including phenoxy) is 1. The van der Waals surface area contributed by atoms with E-state index >= 15 is 0 Å². The van der Waals surface area contributed by atoms with Crippen LogP contribution in [-0.2, 0) is 4.74 Å². The first-order valence-electron chi connectivity index (χ1n) is 8.50. The molecule has 1 aromatic carbocycles. The molecule has 0 saturated carbocycles. The average Bonchev–Trinajstić information content (AvgIpc) is 2.95. The van der Waals surface area contributed by atoms with Crippen molar-refractivity contribution in [3.8, 4) is 0 Å². The normalized spacial score (nSPS) is 12.4. The van der Waals surface area contributed by atoms with Crippen LogP contribution in [0, 0.1) is 13.8 Å². The van der Waals surface area contributed by atoms with Crippen molar-refractivity contribution in [1.29, 1.82) is 0 Å². The molecule has 3 heterocycles. The number of hydrogen-bond acceptors (Lipinski definition) is 6. The summed E-state index contributed by atoms with van der Waals surface area (Å²) in [7, 11) is 0. The Kier molecular flexibility index (Phi) is 4.24. The molecule has 136 valence electrons. The van der Waals surface area contributed by atoms with Gasteiger partial charge in [0, 0.05) is 10.3 Å². The lowest BCUT2D eigenvalue weighted by Gasteiger charge is -2.12. The lowest BCUT2D eigenvalue weighted by molar-refractivity contribution is 0.0313. The van der Waals surface area contributed by atoms with Gasteiger partial charge in [0.1, 0.15) is 10.5 Å². The molecule has 0 spiro atoms. The van der Waals surface area contributed by atoms with Crippen molar-refractivity contribution in [3.05, 3.63) is 68.7 Å². The zero-order valence-corrected chi connectivity index (χ0v) is 15.9. The summed E-state index contributed by atoms with van der Waals surface area (Å²) in [6, 6.07) is 11.0. The number of rotatable bonds is 3. The Morgan fingerprint density at radius 1 is 1.15 bits per heavy atom. The highest BCUT2D eigenvalue weighted by molar-refractivity contribution is 7.18. The summed E-state index contributed by atoms with van der Waals surface area (Å²) in [6.45, 7) is 5.53. The molecule has 0 aliphatic rings. The van der Waals surface area contributed by atoms with Crippen LogP contribution in [0.2, 0.25) is 0 Å². The van der Waals surface area contributed by atoms with Gasteiger partial charge in [0.05, 0.1) is 10.9 Å². The second kappa shape index (κ2) is 6.59. The van der Waals surface area contributed by atoms with Gasteiger partial charge in [0.25, 0.3) is 5.56 Å². The Bertz CT molecular complexity index is 1240. The summed E-state index contributed by atoms with van der Waals surface area (Å²) >= 11 is 1.46. The van der Waals surface area contributed by atoms with E-state index in [1.165, 1.54) is 11.3 Å². The third-order valence-electron chi connectivity index (χ3n) is 4.53. The van der Waals surface area contributed by atoms with Crippen molar-refractivity contribution in [1.82, 2.24) is 15.0 Å². The highest BCUT2D eigenvalue weighted by atomic mass is 32.1. The van der Waals surface area contributed by atoms with Gasteiger partial charge >= 0.3 is 5.97 Å². The zero-order valence-electron chi connectivity index (χ0n) is 15.1. The van der Waals surface area contributed by atoms with Crippen molar-refractivity contribution in [2.24, 2.45) is 0 Å². The minimum atomic E-state index is -0.703. The lowest BCUT2D eigenvalue weighted by atomic mass is 10.2. The molecule has 7 heteroatoms. The zero-order chi connectivity index (χ0) is 19.1. The van der Waals surface area contributed by atoms with Gasteiger partial charge in [0.2, 0.25) is 0 Å². The number of hydrogen-bond donors (Lipinski definition) is 1. The monoisotopic (exact) mass is 379 g/mol. The van der Waals surface area contributed by atoms with Crippen LogP contribution in [0.25, 0.3) is 21.1 Å². The van der Waals surface area contributed by atoms with E-state index in [4.69, 9.17) is 4.74 Å². The van der Waals surface area contributed by atoms with E-state index in [1.807, 2.05) is 44.2 Å². The maximum atomic E-state index is 12.5. The number of nitrogens with one attached hydrogen (secondary N) is 1. The fourth-order valence-electron chi connectivity index (χ4n) is 2.92. The quantitative estimate of drug-likeness (QED) is 0.543. The van der Waals surface area contributed by atoms with Gasteiger partial charge in [-0.15, -0.1) is 11.3 Å². The Labute approximate surface area is 158 Å². The summed E-state index contributed by atoms with van der Waals surface area (Å²) in [5.41, 5.74) is 1.65. The molecular formula is C20H17N3O3S. The summed E-state index contributed by atoms with van der Waals surface area (Å²) in [5.74, 6) is -0.238. The number of thiophene rings is 1. The number of carbonyl (C=O) groups is 1. The summed E-state index contributed by atoms with van der Waals surface area (Å²) in [5, 5.41) is 1.54. The van der Waals surface area contributed by atoms with Crippen LogP contribution in [0.4, 0.5) is 0 Å². The van der Waals surface area contributed by atoms with Gasteiger partial charge in [-0.05, 0) is 38.5 Å². The number of aromatic amines is 1. The van der Waals surface area contributed by atoms with Crippen LogP contribution in [0.15, 0.2) is 41.2 Å². The van der Waals surface area contributed by atoms with Crippen LogP contribution in [-0.4, -0.2) is 20.9 Å². The molecule has 6 nitrogen and oxygen atoms in total. The van der Waals surface area contributed by atoms with Crippen LogP contribution in [0.5, 0.6) is 0 Å². The van der Waals surface area contributed by atoms with Crippen molar-refractivity contribution >= 4 is 38.4 Å². The molecule has 0 aliphatic carbocycles. The first-order valence-corrected chi connectivity index (χ1v) is 9.32. The summed E-state index contributed by atoms with van der Waals surface area (Å²) < 4.78 is 5.48. The number of pyridine rings is 1. The summed E-state index contributed by atoms with van der Waals surface area (Å²) in [6.07, 6.45) is -0.703. The van der Waals surface area contributed by atoms with E-state index in [2.05, 4.69) is 15.0 Å². The second-order valence-electron chi connectivity index (χ2n) is 6.35. The lowest BCUT2D eigenvalue weighted by Crippen LogP contribution is -2.17. The molecule has 27 heavy (non-hydrogen) atoms. The molecule has 0 unspecified atom stereocenters. The Hall–Kier alpha value is -3.06. The molecule has 0 bridgehead atoms. The Balaban J connectivity index is 1.62. The van der Waals surface area contributed by atoms with E-state index in [1.54, 1.807) is 13.0 Å². The third-order valence-corrected chi connectivity index (χ3v) is 5.63. The van der Waals surface area contributed by atoms with Crippen molar-refractivity contribution < 1.29 is 9.53 Å². The van der Waals surface area contributed by atoms with Gasteiger partial charge in [-0.2, -0.15) is 0 Å². The van der Waals surface area contributed by atoms with Gasteiger partial charge in [0.15, 0.2) is 11.9 Å². The van der Waals surface area contributed by atoms with Crippen molar-refractivity contribution in [2.45, 2.75) is 26.9 Å². The maximum absolute atomic E-state index is 12.5. The standard InChI is InChI=1S/C20H17N3O3S/c1-10-12(3)27-19-16(10)18(24)22-17(23-19)11(2)26-20(25)15-9-8-13-6-4-5-7-14(13)21-15/h4-9,11H,1-3H3,(H,22,23,24)/t11-/m1/s1. The fourth-order valence-corrected chi connectivity index (χ4v) is 3.96. The van der Waals surface area contributed by atoms with E-state index in [0.717, 1.165) is 21.3 Å². The van der Waals surface area contributed by atoms with E-state index in [0.29, 0.717) is 16.0 Å². The van der Waals surface area contributed by atoms with Crippen LogP contribution < -0.4 is 5.56 Å². The van der Waals surface area contributed by atoms with Crippen molar-refractivity contribution in [2.75, 3.05) is 0 Å². The molecule has 3 aromatic heterocycles. The average molecular weight is 379 g/mol. The van der Waals surface area contributed by atoms with Gasteiger partial charge < -0.3 is 9.72 Å². The molecular weight excluding hydrogens is 362 g/mol. The molecule has 0 amide bonds. The van der Waals surface area contributed by atoms with Crippen LogP contribution in [0.3, 0.4) is 0 Å². The third kappa shape index (κ3) is 3.10. The predicted octanol–water partition coefficient (Wildman–Crippen LogP) is 4.07. The van der Waals surface area contributed by atoms with Gasteiger partial charge in [-0.3, -0.25) is 4.79 Å². The van der Waals surface area contributed by atoms with E-state index in [-0.39, 0.29) is 11.3 Å². The topological polar surface area (TPSA) is 84.9 Å². The number of benzene rings is 1. The fraction of sp³-hybridized carbons (Fsp3) is 0.200. The first-order chi connectivity index (χ1) is 12.9. The number of aromatic nitrogens is 3. The SMILES string of the molecule is Cc1sc2nc([C@@H](C)OC(=O)c3ccc4ccccc4n3)[nH]c(=O)c2c1C. The molecule has 1 N–H and O–H groups in total. The smallest absolute Gasteiger partial charge is 0.357 e. The van der Waals surface area contributed by atoms with Crippen LogP contribution >= 0.6 is 11.3 Å². The molecule has 0 aliphatic heterocycles. The molecule has 4 rings (SSSR count). The number of H-pyrrole nitrogens is 1. The number of nitrogens with zero attached hydrogens (tertiary/aromatic N) is 2. The predicted molar refractivity (Wildman–Crippen MR) is 105 cm³/mol. The highest BCUT2D eigenvalue weighted by Crippen LogP contribution is 2.27. The largest absolute Gasteiger partial charge is 0.450 e. The Morgan fingerprint density at radius 3 is 2.74 bits per heavy atom. The number of carbonyl (C=O) groups excluding carboxylic acids is 1. The molecule has 4 aromatic rings.